The Kier molecular flexibility index (Phi) is 4.33. The van der Waals surface area contributed by atoms with Crippen molar-refractivity contribution < 1.29 is 9.66 Å². The van der Waals surface area contributed by atoms with E-state index in [9.17, 15) is 10.1 Å². The average molecular weight is 449 g/mol. The number of non-ortho nitro benzene ring substituents is 1. The Morgan fingerprint density at radius 3 is 2.26 bits per heavy atom. The molecular weight excluding hydrogens is 424 g/mol. The molecule has 1 atom stereocenters. The van der Waals surface area contributed by atoms with E-state index in [1.165, 1.54) is 17.2 Å². The highest BCUT2D eigenvalue weighted by molar-refractivity contribution is 5.71. The largest absolute Gasteiger partial charge is 0.462 e. The zero-order chi connectivity index (χ0) is 23.5. The van der Waals surface area contributed by atoms with Gasteiger partial charge in [-0.3, -0.25) is 10.1 Å². The van der Waals surface area contributed by atoms with Crippen LogP contribution < -0.4 is 9.64 Å². The topological polar surface area (TPSA) is 55.6 Å². The van der Waals surface area contributed by atoms with Crippen molar-refractivity contribution in [3.05, 3.63) is 124 Å². The van der Waals surface area contributed by atoms with Gasteiger partial charge in [0, 0.05) is 28.9 Å². The molecule has 4 aromatic rings. The van der Waals surface area contributed by atoms with Crippen molar-refractivity contribution >= 4 is 11.4 Å². The lowest BCUT2D eigenvalue weighted by molar-refractivity contribution is -0.385. The SMILES string of the molecule is CC1(C)c2ccccc2N2Cc3cc([N+](=O)[O-])ccc3OC21c1ccc(-c2ccccc2)cc1. The van der Waals surface area contributed by atoms with E-state index in [4.69, 9.17) is 4.74 Å². The van der Waals surface area contributed by atoms with Gasteiger partial charge in [-0.25, -0.2) is 0 Å². The minimum atomic E-state index is -0.783. The molecule has 0 saturated carbocycles. The Hall–Kier alpha value is -4.12. The third kappa shape index (κ3) is 2.73. The second-order valence-electron chi connectivity index (χ2n) is 9.47. The molecule has 0 amide bonds. The van der Waals surface area contributed by atoms with E-state index in [1.54, 1.807) is 12.1 Å². The Bertz CT molecular complexity index is 1410. The Balaban J connectivity index is 1.54. The van der Waals surface area contributed by atoms with Crippen LogP contribution in [0.2, 0.25) is 0 Å². The molecule has 1 unspecified atom stereocenters. The van der Waals surface area contributed by atoms with Gasteiger partial charge < -0.3 is 9.64 Å². The zero-order valence-corrected chi connectivity index (χ0v) is 19.1. The number of nitrogens with zero attached hydrogens (tertiary/aromatic N) is 2. The summed E-state index contributed by atoms with van der Waals surface area (Å²) in [6.45, 7) is 4.96. The van der Waals surface area contributed by atoms with Gasteiger partial charge in [-0.15, -0.1) is 0 Å². The number of anilines is 1. The van der Waals surface area contributed by atoms with Crippen molar-refractivity contribution in [3.8, 4) is 16.9 Å². The number of para-hydroxylation sites is 1. The maximum absolute atomic E-state index is 11.4. The minimum absolute atomic E-state index is 0.0776. The summed E-state index contributed by atoms with van der Waals surface area (Å²) in [5, 5.41) is 11.4. The molecule has 0 aliphatic carbocycles. The maximum Gasteiger partial charge on any atom is 0.270 e. The fraction of sp³-hybridized carbons (Fsp3) is 0.172. The first-order valence-electron chi connectivity index (χ1n) is 11.4. The van der Waals surface area contributed by atoms with Crippen molar-refractivity contribution in [1.82, 2.24) is 0 Å². The van der Waals surface area contributed by atoms with E-state index in [0.717, 1.165) is 22.4 Å². The number of hydrogen-bond donors (Lipinski definition) is 0. The lowest BCUT2D eigenvalue weighted by Gasteiger charge is -2.50. The maximum atomic E-state index is 11.4. The van der Waals surface area contributed by atoms with Crippen molar-refractivity contribution in [1.29, 1.82) is 0 Å². The van der Waals surface area contributed by atoms with Crippen LogP contribution >= 0.6 is 0 Å². The molecule has 0 radical (unpaired) electrons. The highest BCUT2D eigenvalue weighted by Crippen LogP contribution is 2.60. The van der Waals surface area contributed by atoms with Crippen LogP contribution in [0.25, 0.3) is 11.1 Å². The van der Waals surface area contributed by atoms with Gasteiger partial charge in [0.15, 0.2) is 0 Å². The molecule has 5 nitrogen and oxygen atoms in total. The molecule has 0 N–H and O–H groups in total. The van der Waals surface area contributed by atoms with E-state index >= 15 is 0 Å². The van der Waals surface area contributed by atoms with Crippen LogP contribution in [0.15, 0.2) is 97.1 Å². The second-order valence-corrected chi connectivity index (χ2v) is 9.47. The lowest BCUT2D eigenvalue weighted by Crippen LogP contribution is -2.58. The summed E-state index contributed by atoms with van der Waals surface area (Å²) in [4.78, 5) is 13.3. The van der Waals surface area contributed by atoms with Gasteiger partial charge in [0.25, 0.3) is 5.69 Å². The zero-order valence-electron chi connectivity index (χ0n) is 19.1. The number of fused-ring (bicyclic) bond motifs is 4. The lowest BCUT2D eigenvalue weighted by atomic mass is 9.73. The number of rotatable bonds is 3. The van der Waals surface area contributed by atoms with E-state index < -0.39 is 5.72 Å². The second kappa shape index (κ2) is 7.19. The smallest absolute Gasteiger partial charge is 0.270 e. The summed E-state index contributed by atoms with van der Waals surface area (Å²) in [5.41, 5.74) is 5.39. The summed E-state index contributed by atoms with van der Waals surface area (Å²) >= 11 is 0. The van der Waals surface area contributed by atoms with Crippen molar-refractivity contribution in [2.75, 3.05) is 4.90 Å². The summed E-state index contributed by atoms with van der Waals surface area (Å²) < 4.78 is 6.91. The van der Waals surface area contributed by atoms with Crippen LogP contribution in [-0.4, -0.2) is 4.92 Å². The molecule has 0 fully saturated rings. The van der Waals surface area contributed by atoms with E-state index in [-0.39, 0.29) is 16.0 Å². The average Bonchev–Trinajstić information content (AvgIpc) is 3.07. The summed E-state index contributed by atoms with van der Waals surface area (Å²) in [7, 11) is 0. The molecule has 0 spiro atoms. The van der Waals surface area contributed by atoms with Crippen molar-refractivity contribution in [2.24, 2.45) is 0 Å². The van der Waals surface area contributed by atoms with Gasteiger partial charge in [-0.1, -0.05) is 72.8 Å². The molecule has 0 aromatic heterocycles. The number of ether oxygens (including phenoxy) is 1. The molecule has 0 saturated heterocycles. The fourth-order valence-corrected chi connectivity index (χ4v) is 5.63. The Morgan fingerprint density at radius 1 is 0.853 bits per heavy atom. The van der Waals surface area contributed by atoms with Gasteiger partial charge in [0.2, 0.25) is 5.72 Å². The molecule has 6 rings (SSSR count). The predicted octanol–water partition coefficient (Wildman–Crippen LogP) is 6.81. The quantitative estimate of drug-likeness (QED) is 0.255. The highest BCUT2D eigenvalue weighted by atomic mass is 16.6. The third-order valence-electron chi connectivity index (χ3n) is 7.32. The molecule has 4 aromatic carbocycles. The first-order chi connectivity index (χ1) is 16.4. The van der Waals surface area contributed by atoms with Crippen molar-refractivity contribution in [2.45, 2.75) is 31.5 Å². The van der Waals surface area contributed by atoms with Crippen LogP contribution in [-0.2, 0) is 17.7 Å². The van der Waals surface area contributed by atoms with Crippen LogP contribution in [0.4, 0.5) is 11.4 Å². The molecule has 5 heteroatoms. The predicted molar refractivity (Wildman–Crippen MR) is 133 cm³/mol. The van der Waals surface area contributed by atoms with Crippen LogP contribution in [0, 0.1) is 10.1 Å². The van der Waals surface area contributed by atoms with Crippen LogP contribution in [0.3, 0.4) is 0 Å². The number of nitro groups is 1. The van der Waals surface area contributed by atoms with Crippen molar-refractivity contribution in [3.63, 3.8) is 0 Å². The summed E-state index contributed by atoms with van der Waals surface area (Å²) in [6.07, 6.45) is 0. The number of nitro benzene ring substituents is 1. The van der Waals surface area contributed by atoms with Gasteiger partial charge >= 0.3 is 0 Å². The van der Waals surface area contributed by atoms with Gasteiger partial charge in [-0.2, -0.15) is 0 Å². The normalized spacial score (nSPS) is 19.5. The van der Waals surface area contributed by atoms with E-state index in [2.05, 4.69) is 73.3 Å². The van der Waals surface area contributed by atoms with Gasteiger partial charge in [0.1, 0.15) is 5.75 Å². The minimum Gasteiger partial charge on any atom is -0.462 e. The van der Waals surface area contributed by atoms with E-state index in [0.29, 0.717) is 12.3 Å². The highest BCUT2D eigenvalue weighted by Gasteiger charge is 2.62. The van der Waals surface area contributed by atoms with Crippen LogP contribution in [0.5, 0.6) is 5.75 Å². The molecule has 2 aliphatic rings. The molecule has 2 aliphatic heterocycles. The standard InChI is InChI=1S/C29H24N2O3/c1-28(2)25-10-6-7-11-26(25)30-19-22-18-24(31(32)33)16-17-27(22)34-29(28,30)23-14-12-21(13-15-23)20-8-4-3-5-9-20/h3-18H,19H2,1-2H3. The molecular formula is C29H24N2O3. The van der Waals surface area contributed by atoms with Gasteiger partial charge in [0.05, 0.1) is 16.9 Å². The summed E-state index contributed by atoms with van der Waals surface area (Å²) in [5.74, 6) is 0.690. The third-order valence-corrected chi connectivity index (χ3v) is 7.32. The number of benzene rings is 4. The van der Waals surface area contributed by atoms with E-state index in [1.807, 2.05) is 24.3 Å². The monoisotopic (exact) mass is 448 g/mol. The molecule has 2 heterocycles. The Morgan fingerprint density at radius 2 is 1.53 bits per heavy atom. The molecule has 0 bridgehead atoms. The first kappa shape index (κ1) is 20.5. The molecule has 168 valence electrons. The fourth-order valence-electron chi connectivity index (χ4n) is 5.63. The Labute approximate surface area is 198 Å². The summed E-state index contributed by atoms with van der Waals surface area (Å²) in [6, 6.07) is 32.2. The molecule has 34 heavy (non-hydrogen) atoms. The first-order valence-corrected chi connectivity index (χ1v) is 11.4. The van der Waals surface area contributed by atoms with Crippen LogP contribution in [0.1, 0.15) is 30.5 Å². The van der Waals surface area contributed by atoms with Gasteiger partial charge in [-0.05, 0) is 42.7 Å². The number of hydrogen-bond acceptors (Lipinski definition) is 4.